The summed E-state index contributed by atoms with van der Waals surface area (Å²) in [6.45, 7) is 3.69. The second-order valence-corrected chi connectivity index (χ2v) is 6.59. The first-order chi connectivity index (χ1) is 12.3. The zero-order valence-electron chi connectivity index (χ0n) is 14.0. The Morgan fingerprint density at radius 3 is 2.62 bits per heavy atom. The van der Waals surface area contributed by atoms with Crippen LogP contribution in [0.3, 0.4) is 0 Å². The van der Waals surface area contributed by atoms with Crippen LogP contribution in [0.2, 0.25) is 0 Å². The summed E-state index contributed by atoms with van der Waals surface area (Å²) in [5.41, 5.74) is 1.65. The molecule has 0 aliphatic carbocycles. The number of thiazole rings is 1. The van der Waals surface area contributed by atoms with Gasteiger partial charge in [0, 0.05) is 11.6 Å². The highest BCUT2D eigenvalue weighted by Crippen LogP contribution is 2.35. The second-order valence-electron chi connectivity index (χ2n) is 5.66. The minimum Gasteiger partial charge on any atom is -0.457 e. The lowest BCUT2D eigenvalue weighted by molar-refractivity contribution is -0.137. The highest BCUT2D eigenvalue weighted by Gasteiger charge is 2.30. The molecule has 3 rings (SSSR count). The van der Waals surface area contributed by atoms with Gasteiger partial charge >= 0.3 is 6.18 Å². The van der Waals surface area contributed by atoms with E-state index in [0.717, 1.165) is 34.0 Å². The van der Waals surface area contributed by atoms with Crippen LogP contribution in [0.25, 0.3) is 0 Å². The number of nitrogens with zero attached hydrogens (tertiary/aromatic N) is 2. The van der Waals surface area contributed by atoms with Crippen molar-refractivity contribution >= 4 is 23.2 Å². The van der Waals surface area contributed by atoms with Crippen LogP contribution in [0, 0.1) is 13.8 Å². The van der Waals surface area contributed by atoms with E-state index in [9.17, 15) is 13.2 Å². The number of hydrogen-bond donors (Lipinski definition) is 0. The first-order valence-corrected chi connectivity index (χ1v) is 8.61. The largest absolute Gasteiger partial charge is 0.457 e. The van der Waals surface area contributed by atoms with Crippen LogP contribution in [0.4, 0.5) is 18.9 Å². The molecule has 0 fully saturated rings. The van der Waals surface area contributed by atoms with Crippen molar-refractivity contribution in [2.45, 2.75) is 20.0 Å². The average Bonchev–Trinajstić information content (AvgIpc) is 3.09. The molecule has 0 saturated carbocycles. The molecular formula is C19H15F3N2OS. The monoisotopic (exact) mass is 376 g/mol. The van der Waals surface area contributed by atoms with E-state index in [4.69, 9.17) is 4.74 Å². The van der Waals surface area contributed by atoms with E-state index in [1.807, 2.05) is 25.3 Å². The Morgan fingerprint density at radius 1 is 1.12 bits per heavy atom. The van der Waals surface area contributed by atoms with Gasteiger partial charge in [-0.2, -0.15) is 13.2 Å². The summed E-state index contributed by atoms with van der Waals surface area (Å²) in [6.07, 6.45) is -1.02. The molecule has 0 amide bonds. The number of aromatic nitrogens is 1. The van der Waals surface area contributed by atoms with Gasteiger partial charge in [-0.1, -0.05) is 6.07 Å². The highest BCUT2D eigenvalue weighted by molar-refractivity contribution is 7.11. The number of benzene rings is 2. The zero-order chi connectivity index (χ0) is 18.7. The fourth-order valence-corrected chi connectivity index (χ4v) is 2.81. The van der Waals surface area contributed by atoms with E-state index < -0.39 is 11.7 Å². The summed E-state index contributed by atoms with van der Waals surface area (Å²) >= 11 is 1.48. The Bertz CT molecular complexity index is 934. The Hall–Kier alpha value is -2.67. The zero-order valence-corrected chi connectivity index (χ0v) is 14.9. The van der Waals surface area contributed by atoms with E-state index in [1.54, 1.807) is 18.5 Å². The summed E-state index contributed by atoms with van der Waals surface area (Å²) in [5, 5.41) is 2.66. The minimum atomic E-state index is -4.40. The predicted octanol–water partition coefficient (Wildman–Crippen LogP) is 6.32. The van der Waals surface area contributed by atoms with Gasteiger partial charge in [0.1, 0.15) is 16.5 Å². The van der Waals surface area contributed by atoms with E-state index in [2.05, 4.69) is 9.98 Å². The second kappa shape index (κ2) is 7.29. The SMILES string of the molecule is Cc1cc(Oc2cccc(C(F)(F)F)c2)c(C)cc1/N=C/c1nccs1. The van der Waals surface area contributed by atoms with E-state index in [-0.39, 0.29) is 5.75 Å². The molecule has 0 saturated heterocycles. The van der Waals surface area contributed by atoms with Crippen LogP contribution in [-0.2, 0) is 6.18 Å². The minimum absolute atomic E-state index is 0.140. The number of hydrogen-bond acceptors (Lipinski definition) is 4. The Balaban J connectivity index is 1.85. The summed E-state index contributed by atoms with van der Waals surface area (Å²) in [6, 6.07) is 8.43. The van der Waals surface area contributed by atoms with Crippen molar-refractivity contribution in [2.75, 3.05) is 0 Å². The van der Waals surface area contributed by atoms with Crippen LogP contribution < -0.4 is 4.74 Å². The molecular weight excluding hydrogens is 361 g/mol. The summed E-state index contributed by atoms with van der Waals surface area (Å²) in [7, 11) is 0. The van der Waals surface area contributed by atoms with Crippen molar-refractivity contribution < 1.29 is 17.9 Å². The maximum Gasteiger partial charge on any atom is 0.416 e. The van der Waals surface area contributed by atoms with E-state index in [1.165, 1.54) is 23.5 Å². The van der Waals surface area contributed by atoms with Crippen molar-refractivity contribution in [3.8, 4) is 11.5 Å². The lowest BCUT2D eigenvalue weighted by Crippen LogP contribution is -2.04. The molecule has 0 aliphatic heterocycles. The molecule has 134 valence electrons. The van der Waals surface area contributed by atoms with Crippen LogP contribution in [-0.4, -0.2) is 11.2 Å². The molecule has 0 atom stereocenters. The molecule has 0 aliphatic rings. The van der Waals surface area contributed by atoms with Gasteiger partial charge in [-0.15, -0.1) is 11.3 Å². The van der Waals surface area contributed by atoms with Gasteiger partial charge in [-0.05, 0) is 55.3 Å². The molecule has 0 N–H and O–H groups in total. The fraction of sp³-hybridized carbons (Fsp3) is 0.158. The van der Waals surface area contributed by atoms with Crippen molar-refractivity contribution in [2.24, 2.45) is 4.99 Å². The summed E-state index contributed by atoms with van der Waals surface area (Å²) in [5.74, 6) is 0.636. The molecule has 26 heavy (non-hydrogen) atoms. The molecule has 1 aromatic heterocycles. The Morgan fingerprint density at radius 2 is 1.92 bits per heavy atom. The summed E-state index contributed by atoms with van der Waals surface area (Å²) < 4.78 is 44.2. The van der Waals surface area contributed by atoms with Crippen LogP contribution in [0.15, 0.2) is 53.0 Å². The first-order valence-electron chi connectivity index (χ1n) is 7.73. The van der Waals surface area contributed by atoms with Crippen LogP contribution in [0.5, 0.6) is 11.5 Å². The van der Waals surface area contributed by atoms with Gasteiger partial charge in [0.25, 0.3) is 0 Å². The first kappa shape index (κ1) is 18.1. The number of alkyl halides is 3. The molecule has 0 bridgehead atoms. The molecule has 1 heterocycles. The lowest BCUT2D eigenvalue weighted by Gasteiger charge is -2.13. The normalized spacial score (nSPS) is 11.9. The maximum atomic E-state index is 12.8. The number of ether oxygens (including phenoxy) is 1. The molecule has 2 aromatic carbocycles. The Kier molecular flexibility index (Phi) is 5.08. The lowest BCUT2D eigenvalue weighted by atomic mass is 10.1. The Labute approximate surface area is 152 Å². The smallest absolute Gasteiger partial charge is 0.416 e. The number of halogens is 3. The maximum absolute atomic E-state index is 12.8. The van der Waals surface area contributed by atoms with Gasteiger partial charge < -0.3 is 4.74 Å². The van der Waals surface area contributed by atoms with Crippen molar-refractivity contribution in [3.05, 3.63) is 69.7 Å². The van der Waals surface area contributed by atoms with Crippen LogP contribution >= 0.6 is 11.3 Å². The summed E-state index contributed by atoms with van der Waals surface area (Å²) in [4.78, 5) is 8.56. The number of rotatable bonds is 4. The predicted molar refractivity (Wildman–Crippen MR) is 96.8 cm³/mol. The molecule has 0 unspecified atom stereocenters. The third-order valence-corrected chi connectivity index (χ3v) is 4.36. The molecule has 0 radical (unpaired) electrons. The topological polar surface area (TPSA) is 34.5 Å². The fourth-order valence-electron chi connectivity index (χ4n) is 2.31. The van der Waals surface area contributed by atoms with E-state index >= 15 is 0 Å². The standard InChI is InChI=1S/C19H15F3N2OS/c1-12-9-17(25-15-5-3-4-14(10-15)19(20,21)22)13(2)8-16(12)24-11-18-23-6-7-26-18/h3-11H,1-2H3/b24-11+. The van der Waals surface area contributed by atoms with Gasteiger partial charge in [0.15, 0.2) is 0 Å². The van der Waals surface area contributed by atoms with Gasteiger partial charge in [-0.25, -0.2) is 4.98 Å². The number of aliphatic imine (C=N–C) groups is 1. The quantitative estimate of drug-likeness (QED) is 0.499. The van der Waals surface area contributed by atoms with Gasteiger partial charge in [0.05, 0.1) is 17.5 Å². The molecule has 3 aromatic rings. The third kappa shape index (κ3) is 4.29. The average molecular weight is 376 g/mol. The molecule has 3 nitrogen and oxygen atoms in total. The number of aryl methyl sites for hydroxylation is 2. The van der Waals surface area contributed by atoms with Crippen molar-refractivity contribution in [1.29, 1.82) is 0 Å². The van der Waals surface area contributed by atoms with Crippen LogP contribution in [0.1, 0.15) is 21.7 Å². The van der Waals surface area contributed by atoms with E-state index in [0.29, 0.717) is 5.75 Å². The third-order valence-electron chi connectivity index (χ3n) is 3.65. The highest BCUT2D eigenvalue weighted by atomic mass is 32.1. The van der Waals surface area contributed by atoms with Crippen molar-refractivity contribution in [3.63, 3.8) is 0 Å². The van der Waals surface area contributed by atoms with Crippen molar-refractivity contribution in [1.82, 2.24) is 4.98 Å². The molecule has 0 spiro atoms. The van der Waals surface area contributed by atoms with Gasteiger partial charge in [-0.3, -0.25) is 4.99 Å². The van der Waals surface area contributed by atoms with Gasteiger partial charge in [0.2, 0.25) is 0 Å². The molecule has 7 heteroatoms.